The Kier molecular flexibility index (Phi) is 4.83. The summed E-state index contributed by atoms with van der Waals surface area (Å²) >= 11 is 0. The normalized spacial score (nSPS) is 22.6. The number of aromatic carboxylic acids is 1. The molecule has 9 heteroatoms. The highest BCUT2D eigenvalue weighted by Crippen LogP contribution is 2.57. The molecule has 170 valence electrons. The first-order valence-electron chi connectivity index (χ1n) is 10.9. The molecule has 1 N–H and O–H groups in total. The quantitative estimate of drug-likeness (QED) is 0.770. The van der Waals surface area contributed by atoms with Crippen molar-refractivity contribution in [2.24, 2.45) is 5.92 Å². The third-order valence-electron chi connectivity index (χ3n) is 7.30. The molecule has 32 heavy (non-hydrogen) atoms. The molecule has 1 saturated heterocycles. The predicted octanol–water partition coefficient (Wildman–Crippen LogP) is 3.97. The van der Waals surface area contributed by atoms with Gasteiger partial charge in [-0.15, -0.1) is 0 Å². The van der Waals surface area contributed by atoms with Crippen molar-refractivity contribution in [3.05, 3.63) is 51.8 Å². The summed E-state index contributed by atoms with van der Waals surface area (Å²) in [6.45, 7) is 2.43. The maximum absolute atomic E-state index is 13.2. The first-order chi connectivity index (χ1) is 15.1. The van der Waals surface area contributed by atoms with Crippen molar-refractivity contribution in [3.63, 3.8) is 0 Å². The number of carbonyl (C=O) groups is 2. The number of rotatable bonds is 4. The molecular formula is C23H24F3N3O3. The fourth-order valence-electron chi connectivity index (χ4n) is 5.55. The highest BCUT2D eigenvalue weighted by molar-refractivity contribution is 5.88. The molecule has 3 aliphatic rings. The van der Waals surface area contributed by atoms with Gasteiger partial charge in [0.25, 0.3) is 0 Å². The first-order valence-corrected chi connectivity index (χ1v) is 10.9. The van der Waals surface area contributed by atoms with Gasteiger partial charge in [-0.1, -0.05) is 12.1 Å². The summed E-state index contributed by atoms with van der Waals surface area (Å²) in [6.07, 6.45) is -1.43. The molecule has 0 radical (unpaired) electrons. The Morgan fingerprint density at radius 1 is 1.22 bits per heavy atom. The van der Waals surface area contributed by atoms with E-state index in [9.17, 15) is 27.9 Å². The molecule has 0 spiro atoms. The van der Waals surface area contributed by atoms with Crippen molar-refractivity contribution < 1.29 is 27.9 Å². The summed E-state index contributed by atoms with van der Waals surface area (Å²) in [4.78, 5) is 26.2. The van der Waals surface area contributed by atoms with Crippen molar-refractivity contribution in [3.8, 4) is 0 Å². The Morgan fingerprint density at radius 2 is 1.94 bits per heavy atom. The molecule has 1 aliphatic heterocycles. The monoisotopic (exact) mass is 447 g/mol. The summed E-state index contributed by atoms with van der Waals surface area (Å²) in [6, 6.07) is 4.30. The molecule has 6 nitrogen and oxygen atoms in total. The maximum atomic E-state index is 13.2. The molecule has 5 rings (SSSR count). The van der Waals surface area contributed by atoms with Crippen LogP contribution in [0.1, 0.15) is 69.5 Å². The van der Waals surface area contributed by atoms with E-state index >= 15 is 0 Å². The van der Waals surface area contributed by atoms with Crippen molar-refractivity contribution in [2.75, 3.05) is 13.1 Å². The van der Waals surface area contributed by atoms with Gasteiger partial charge >= 0.3 is 12.1 Å². The Hall–Kier alpha value is -2.84. The summed E-state index contributed by atoms with van der Waals surface area (Å²) in [7, 11) is 0. The molecule has 2 atom stereocenters. The topological polar surface area (TPSA) is 75.4 Å². The molecule has 0 bridgehead atoms. The molecule has 2 unspecified atom stereocenters. The highest BCUT2D eigenvalue weighted by Gasteiger charge is 2.50. The number of benzene rings is 1. The molecule has 1 amide bonds. The largest absolute Gasteiger partial charge is 0.476 e. The number of likely N-dealkylation sites (tertiary alicyclic amines) is 1. The minimum Gasteiger partial charge on any atom is -0.476 e. The number of halogens is 3. The van der Waals surface area contributed by atoms with Crippen LogP contribution in [-0.2, 0) is 23.9 Å². The van der Waals surface area contributed by atoms with Crippen molar-refractivity contribution in [1.82, 2.24) is 14.7 Å². The van der Waals surface area contributed by atoms with Crippen LogP contribution < -0.4 is 0 Å². The number of carboxylic acids is 1. The highest BCUT2D eigenvalue weighted by atomic mass is 19.4. The number of carboxylic acid groups (broad SMARTS) is 1. The lowest BCUT2D eigenvalue weighted by atomic mass is 9.85. The van der Waals surface area contributed by atoms with Gasteiger partial charge in [-0.3, -0.25) is 9.48 Å². The van der Waals surface area contributed by atoms with E-state index < -0.39 is 17.7 Å². The molecular weight excluding hydrogens is 423 g/mol. The van der Waals surface area contributed by atoms with E-state index in [1.807, 2.05) is 0 Å². The summed E-state index contributed by atoms with van der Waals surface area (Å²) in [5.41, 5.74) is 2.09. The number of aromatic nitrogens is 2. The summed E-state index contributed by atoms with van der Waals surface area (Å²) in [5, 5.41) is 13.7. The Balaban J connectivity index is 1.26. The van der Waals surface area contributed by atoms with Crippen LogP contribution in [0.15, 0.2) is 18.2 Å². The van der Waals surface area contributed by atoms with E-state index in [2.05, 4.69) is 5.10 Å². The van der Waals surface area contributed by atoms with Gasteiger partial charge in [0.2, 0.25) is 5.91 Å². The number of hydrogen-bond donors (Lipinski definition) is 1. The van der Waals surface area contributed by atoms with E-state index in [0.717, 1.165) is 30.2 Å². The SMILES string of the molecule is Cc1c(C2CCN(C(=O)Cn3nc(C(=O)O)c4c3CC3CC43)CC2)cccc1C(F)(F)F. The fourth-order valence-corrected chi connectivity index (χ4v) is 5.55. The van der Waals surface area contributed by atoms with Crippen LogP contribution in [0.25, 0.3) is 0 Å². The Bertz CT molecular complexity index is 1100. The summed E-state index contributed by atoms with van der Waals surface area (Å²) in [5.74, 6) is -0.467. The average molecular weight is 447 g/mol. The lowest BCUT2D eigenvalue weighted by molar-refractivity contribution is -0.138. The van der Waals surface area contributed by atoms with Crippen LogP contribution in [0.4, 0.5) is 13.2 Å². The smallest absolute Gasteiger partial charge is 0.416 e. The van der Waals surface area contributed by atoms with Crippen LogP contribution in [0.2, 0.25) is 0 Å². The lowest BCUT2D eigenvalue weighted by Crippen LogP contribution is -2.40. The second kappa shape index (κ2) is 7.35. The molecule has 1 aromatic carbocycles. The third kappa shape index (κ3) is 3.47. The maximum Gasteiger partial charge on any atom is 0.416 e. The van der Waals surface area contributed by atoms with Gasteiger partial charge in [0.05, 0.1) is 5.56 Å². The molecule has 2 aromatic rings. The number of alkyl halides is 3. The Labute approximate surface area is 183 Å². The van der Waals surface area contributed by atoms with Gasteiger partial charge in [0.15, 0.2) is 5.69 Å². The number of amides is 1. The van der Waals surface area contributed by atoms with E-state index in [1.165, 1.54) is 13.0 Å². The van der Waals surface area contributed by atoms with E-state index in [1.54, 1.807) is 15.6 Å². The minimum absolute atomic E-state index is 0.00229. The number of carbonyl (C=O) groups excluding carboxylic acids is 1. The second-order valence-electron chi connectivity index (χ2n) is 9.15. The fraction of sp³-hybridized carbons (Fsp3) is 0.522. The van der Waals surface area contributed by atoms with Crippen LogP contribution in [0, 0.1) is 12.8 Å². The van der Waals surface area contributed by atoms with Crippen LogP contribution in [-0.4, -0.2) is 44.8 Å². The zero-order valence-corrected chi connectivity index (χ0v) is 17.7. The number of nitrogens with zero attached hydrogens (tertiary/aromatic N) is 3. The molecule has 1 saturated carbocycles. The third-order valence-corrected chi connectivity index (χ3v) is 7.30. The van der Waals surface area contributed by atoms with Gasteiger partial charge in [0.1, 0.15) is 6.54 Å². The van der Waals surface area contributed by atoms with E-state index in [4.69, 9.17) is 0 Å². The average Bonchev–Trinajstić information content (AvgIpc) is 3.26. The number of fused-ring (bicyclic) bond motifs is 3. The summed E-state index contributed by atoms with van der Waals surface area (Å²) < 4.78 is 41.3. The van der Waals surface area contributed by atoms with Gasteiger partial charge in [-0.25, -0.2) is 4.79 Å². The number of piperidine rings is 1. The predicted molar refractivity (Wildman–Crippen MR) is 108 cm³/mol. The van der Waals surface area contributed by atoms with Crippen molar-refractivity contribution >= 4 is 11.9 Å². The second-order valence-corrected chi connectivity index (χ2v) is 9.15. The van der Waals surface area contributed by atoms with E-state index in [-0.39, 0.29) is 35.5 Å². The number of hydrogen-bond acceptors (Lipinski definition) is 3. The molecule has 2 heterocycles. The first kappa shape index (κ1) is 21.0. The van der Waals surface area contributed by atoms with Gasteiger partial charge in [-0.2, -0.15) is 18.3 Å². The van der Waals surface area contributed by atoms with Crippen molar-refractivity contribution in [1.29, 1.82) is 0 Å². The van der Waals surface area contributed by atoms with Crippen LogP contribution in [0.3, 0.4) is 0 Å². The standard InChI is InChI=1S/C23H24F3N3O3/c1-12-15(3-2-4-17(12)23(24,25)26)13-5-7-28(8-6-13)19(30)11-29-18-10-14-9-16(14)20(18)21(27-29)22(31)32/h2-4,13-14,16H,5-11H2,1H3,(H,31,32). The van der Waals surface area contributed by atoms with Gasteiger partial charge in [0, 0.05) is 24.3 Å². The van der Waals surface area contributed by atoms with Gasteiger partial charge in [-0.05, 0) is 67.6 Å². The zero-order chi connectivity index (χ0) is 22.8. The molecule has 2 aliphatic carbocycles. The van der Waals surface area contributed by atoms with Crippen LogP contribution >= 0.6 is 0 Å². The van der Waals surface area contributed by atoms with E-state index in [0.29, 0.717) is 37.4 Å². The van der Waals surface area contributed by atoms with Crippen molar-refractivity contribution in [2.45, 2.75) is 57.2 Å². The zero-order valence-electron chi connectivity index (χ0n) is 17.7. The molecule has 2 fully saturated rings. The molecule has 1 aromatic heterocycles. The van der Waals surface area contributed by atoms with Crippen LogP contribution in [0.5, 0.6) is 0 Å². The minimum atomic E-state index is -4.38. The lowest BCUT2D eigenvalue weighted by Gasteiger charge is -2.33. The van der Waals surface area contributed by atoms with Gasteiger partial charge < -0.3 is 10.0 Å². The Morgan fingerprint density at radius 3 is 2.59 bits per heavy atom.